The zero-order valence-corrected chi connectivity index (χ0v) is 14.1. The molecule has 0 unspecified atom stereocenters. The van der Waals surface area contributed by atoms with Gasteiger partial charge in [-0.15, -0.1) is 0 Å². The molecule has 1 amide bonds. The normalized spacial score (nSPS) is 16.0. The maximum atomic E-state index is 12.5. The highest BCUT2D eigenvalue weighted by Gasteiger charge is 2.35. The summed E-state index contributed by atoms with van der Waals surface area (Å²) < 4.78 is 23.0. The molecule has 0 N–H and O–H groups in total. The number of nitriles is 1. The standard InChI is InChI=1S/C17H20N2O3S/c1-13(12-23(2,21)22)19(16-7-8-16)17(20)9-6-14-4-3-5-15(10-14)11-18/h3-6,9-10,13,16H,7-8,12H2,1-2H3/b9-6+/t13-/m0/s1. The molecule has 23 heavy (non-hydrogen) atoms. The van der Waals surface area contributed by atoms with Crippen molar-refractivity contribution in [2.24, 2.45) is 0 Å². The highest BCUT2D eigenvalue weighted by molar-refractivity contribution is 7.90. The van der Waals surface area contributed by atoms with E-state index in [1.807, 2.05) is 6.07 Å². The van der Waals surface area contributed by atoms with Crippen LogP contribution in [0.15, 0.2) is 30.3 Å². The molecule has 0 aliphatic heterocycles. The third-order valence-electron chi connectivity index (χ3n) is 3.65. The predicted molar refractivity (Wildman–Crippen MR) is 89.2 cm³/mol. The summed E-state index contributed by atoms with van der Waals surface area (Å²) in [6.45, 7) is 1.77. The molecule has 0 heterocycles. The molecule has 0 spiro atoms. The number of hydrogen-bond acceptors (Lipinski definition) is 4. The van der Waals surface area contributed by atoms with Gasteiger partial charge in [-0.05, 0) is 43.5 Å². The number of rotatable bonds is 6. The van der Waals surface area contributed by atoms with Gasteiger partial charge in [-0.3, -0.25) is 4.79 Å². The lowest BCUT2D eigenvalue weighted by molar-refractivity contribution is -0.128. The summed E-state index contributed by atoms with van der Waals surface area (Å²) in [7, 11) is -3.14. The fraction of sp³-hybridized carbons (Fsp3) is 0.412. The maximum absolute atomic E-state index is 12.5. The van der Waals surface area contributed by atoms with Crippen LogP contribution in [0.4, 0.5) is 0 Å². The predicted octanol–water partition coefficient (Wildman–Crippen LogP) is 2.00. The van der Waals surface area contributed by atoms with Gasteiger partial charge in [0.15, 0.2) is 0 Å². The smallest absolute Gasteiger partial charge is 0.247 e. The van der Waals surface area contributed by atoms with Gasteiger partial charge in [0, 0.05) is 24.4 Å². The van der Waals surface area contributed by atoms with Crippen LogP contribution in [-0.2, 0) is 14.6 Å². The Morgan fingerprint density at radius 2 is 2.17 bits per heavy atom. The molecular weight excluding hydrogens is 312 g/mol. The van der Waals surface area contributed by atoms with Crippen molar-refractivity contribution in [3.05, 3.63) is 41.5 Å². The molecule has 1 aromatic carbocycles. The van der Waals surface area contributed by atoms with E-state index in [1.54, 1.807) is 36.1 Å². The Morgan fingerprint density at radius 1 is 1.48 bits per heavy atom. The van der Waals surface area contributed by atoms with Gasteiger partial charge in [0.2, 0.25) is 5.91 Å². The second kappa shape index (κ2) is 6.97. The van der Waals surface area contributed by atoms with Crippen LogP contribution in [0.3, 0.4) is 0 Å². The van der Waals surface area contributed by atoms with Crippen LogP contribution in [0, 0.1) is 11.3 Å². The highest BCUT2D eigenvalue weighted by atomic mass is 32.2. The summed E-state index contributed by atoms with van der Waals surface area (Å²) >= 11 is 0. The first kappa shape index (κ1) is 17.2. The topological polar surface area (TPSA) is 78.2 Å². The van der Waals surface area contributed by atoms with Gasteiger partial charge < -0.3 is 4.90 Å². The molecule has 1 aliphatic rings. The van der Waals surface area contributed by atoms with Crippen molar-refractivity contribution < 1.29 is 13.2 Å². The van der Waals surface area contributed by atoms with Gasteiger partial charge in [0.25, 0.3) is 0 Å². The van der Waals surface area contributed by atoms with Crippen LogP contribution in [0.1, 0.15) is 30.9 Å². The number of hydrogen-bond donors (Lipinski definition) is 0. The second-order valence-electron chi connectivity index (χ2n) is 5.99. The van der Waals surface area contributed by atoms with E-state index in [-0.39, 0.29) is 23.7 Å². The van der Waals surface area contributed by atoms with Gasteiger partial charge >= 0.3 is 0 Å². The van der Waals surface area contributed by atoms with E-state index in [9.17, 15) is 13.2 Å². The van der Waals surface area contributed by atoms with Gasteiger partial charge in [0.1, 0.15) is 9.84 Å². The monoisotopic (exact) mass is 332 g/mol. The third-order valence-corrected chi connectivity index (χ3v) is 4.74. The van der Waals surface area contributed by atoms with Crippen LogP contribution < -0.4 is 0 Å². The molecule has 1 atom stereocenters. The molecule has 5 nitrogen and oxygen atoms in total. The average Bonchev–Trinajstić information content (AvgIpc) is 3.28. The zero-order chi connectivity index (χ0) is 17.0. The third kappa shape index (κ3) is 5.22. The van der Waals surface area contributed by atoms with Gasteiger partial charge in [-0.1, -0.05) is 12.1 Å². The maximum Gasteiger partial charge on any atom is 0.247 e. The molecule has 1 fully saturated rings. The summed E-state index contributed by atoms with van der Waals surface area (Å²) in [6, 6.07) is 8.81. The summed E-state index contributed by atoms with van der Waals surface area (Å²) in [5.74, 6) is -0.224. The summed E-state index contributed by atoms with van der Waals surface area (Å²) in [4.78, 5) is 14.1. The Labute approximate surface area is 137 Å². The van der Waals surface area contributed by atoms with E-state index < -0.39 is 9.84 Å². The van der Waals surface area contributed by atoms with Crippen molar-refractivity contribution in [1.29, 1.82) is 5.26 Å². The van der Waals surface area contributed by atoms with E-state index in [2.05, 4.69) is 6.07 Å². The van der Waals surface area contributed by atoms with Crippen molar-refractivity contribution in [1.82, 2.24) is 4.90 Å². The molecule has 1 aliphatic carbocycles. The average molecular weight is 332 g/mol. The minimum absolute atomic E-state index is 0.0347. The molecule has 0 bridgehead atoms. The van der Waals surface area contributed by atoms with Crippen LogP contribution in [0.5, 0.6) is 0 Å². The highest BCUT2D eigenvalue weighted by Crippen LogP contribution is 2.29. The minimum Gasteiger partial charge on any atom is -0.332 e. The van der Waals surface area contributed by atoms with E-state index >= 15 is 0 Å². The van der Waals surface area contributed by atoms with Crippen LogP contribution in [-0.4, -0.2) is 43.3 Å². The van der Waals surface area contributed by atoms with E-state index in [0.29, 0.717) is 5.56 Å². The minimum atomic E-state index is -3.14. The molecule has 1 aromatic rings. The van der Waals surface area contributed by atoms with Crippen molar-refractivity contribution >= 4 is 21.8 Å². The number of benzene rings is 1. The van der Waals surface area contributed by atoms with Crippen molar-refractivity contribution in [3.8, 4) is 6.07 Å². The lowest BCUT2D eigenvalue weighted by Gasteiger charge is -2.27. The van der Waals surface area contributed by atoms with Crippen molar-refractivity contribution in [2.75, 3.05) is 12.0 Å². The largest absolute Gasteiger partial charge is 0.332 e. The van der Waals surface area contributed by atoms with Crippen molar-refractivity contribution in [3.63, 3.8) is 0 Å². The molecule has 6 heteroatoms. The van der Waals surface area contributed by atoms with Crippen LogP contribution in [0.25, 0.3) is 6.08 Å². The lowest BCUT2D eigenvalue weighted by Crippen LogP contribution is -2.43. The number of carbonyl (C=O) groups excluding carboxylic acids is 1. The van der Waals surface area contributed by atoms with Crippen LogP contribution >= 0.6 is 0 Å². The molecular formula is C17H20N2O3S. The molecule has 0 aromatic heterocycles. The number of nitrogens with zero attached hydrogens (tertiary/aromatic N) is 2. The van der Waals surface area contributed by atoms with Gasteiger partial charge in [-0.2, -0.15) is 5.26 Å². The first-order valence-corrected chi connectivity index (χ1v) is 9.54. The Kier molecular flexibility index (Phi) is 5.22. The first-order valence-electron chi connectivity index (χ1n) is 7.48. The van der Waals surface area contributed by atoms with Gasteiger partial charge in [-0.25, -0.2) is 8.42 Å². The summed E-state index contributed by atoms with van der Waals surface area (Å²) in [5.41, 5.74) is 1.30. The van der Waals surface area contributed by atoms with E-state index in [4.69, 9.17) is 5.26 Å². The number of sulfone groups is 1. The van der Waals surface area contributed by atoms with Crippen LogP contribution in [0.2, 0.25) is 0 Å². The zero-order valence-electron chi connectivity index (χ0n) is 13.3. The molecule has 122 valence electrons. The summed E-state index contributed by atoms with van der Waals surface area (Å²) in [5, 5.41) is 8.88. The fourth-order valence-corrected chi connectivity index (χ4v) is 3.63. The summed E-state index contributed by atoms with van der Waals surface area (Å²) in [6.07, 6.45) is 6.12. The molecule has 0 saturated heterocycles. The fourth-order valence-electron chi connectivity index (χ4n) is 2.59. The quantitative estimate of drug-likeness (QED) is 0.746. The first-order chi connectivity index (χ1) is 10.8. The Morgan fingerprint density at radius 3 is 2.74 bits per heavy atom. The second-order valence-corrected chi connectivity index (χ2v) is 8.17. The van der Waals surface area contributed by atoms with E-state index in [1.165, 1.54) is 12.3 Å². The Balaban J connectivity index is 2.12. The Bertz CT molecular complexity index is 758. The SMILES string of the molecule is C[C@@H](CS(C)(=O)=O)N(C(=O)/C=C/c1cccc(C#N)c1)C1CC1. The molecule has 0 radical (unpaired) electrons. The van der Waals surface area contributed by atoms with Gasteiger partial charge in [0.05, 0.1) is 17.4 Å². The number of carbonyl (C=O) groups is 1. The lowest BCUT2D eigenvalue weighted by atomic mass is 10.1. The van der Waals surface area contributed by atoms with E-state index in [0.717, 1.165) is 18.4 Å². The number of amides is 1. The molecule has 1 saturated carbocycles. The van der Waals surface area contributed by atoms with Crippen molar-refractivity contribution in [2.45, 2.75) is 31.8 Å². The molecule has 2 rings (SSSR count). The Hall–Kier alpha value is -2.13.